The van der Waals surface area contributed by atoms with Crippen molar-refractivity contribution in [3.8, 4) is 0 Å². The van der Waals surface area contributed by atoms with E-state index < -0.39 is 21.8 Å². The summed E-state index contributed by atoms with van der Waals surface area (Å²) in [4.78, 5) is 39.5. The van der Waals surface area contributed by atoms with E-state index in [9.17, 15) is 40.0 Å². The van der Waals surface area contributed by atoms with Crippen LogP contribution in [0.4, 0.5) is 11.4 Å². The van der Waals surface area contributed by atoms with Crippen LogP contribution in [0.1, 0.15) is 20.7 Å². The minimum absolute atomic E-state index is 0. The molecule has 0 radical (unpaired) electrons. The van der Waals surface area contributed by atoms with Crippen molar-refractivity contribution in [3.63, 3.8) is 0 Å². The van der Waals surface area contributed by atoms with Crippen LogP contribution < -0.4 is 10.2 Å². The number of carbonyl (C=O) groups excluding carboxylic acids is 2. The maximum Gasteiger partial charge on any atom is 2.00 e. The summed E-state index contributed by atoms with van der Waals surface area (Å²) >= 11 is 0. The second kappa shape index (κ2) is 10.6. The maximum atomic E-state index is 10.2. The summed E-state index contributed by atoms with van der Waals surface area (Å²) in [7, 11) is 0. The zero-order valence-corrected chi connectivity index (χ0v) is 16.9. The molecular formula is C14H8BaN2O8. The molecule has 0 N–H and O–H groups in total. The molecule has 25 heavy (non-hydrogen) atoms. The third-order valence-corrected chi connectivity index (χ3v) is 2.59. The number of rotatable bonds is 4. The fraction of sp³-hybridized carbons (Fsp3) is 0. The van der Waals surface area contributed by atoms with Gasteiger partial charge in [-0.3, -0.25) is 20.2 Å². The first-order chi connectivity index (χ1) is 11.2. The van der Waals surface area contributed by atoms with E-state index in [4.69, 9.17) is 0 Å². The Morgan fingerprint density at radius 1 is 0.720 bits per heavy atom. The summed E-state index contributed by atoms with van der Waals surface area (Å²) < 4.78 is 0. The number of nitro benzene ring substituents is 2. The molecule has 0 saturated heterocycles. The number of carboxylic acid groups (broad SMARTS) is 2. The van der Waals surface area contributed by atoms with Gasteiger partial charge in [0.25, 0.3) is 11.4 Å². The molecule has 0 aliphatic rings. The third kappa shape index (κ3) is 7.45. The molecule has 2 aromatic rings. The number of carboxylic acids is 2. The molecule has 0 aliphatic carbocycles. The van der Waals surface area contributed by atoms with Gasteiger partial charge in [0.2, 0.25) is 0 Å². The van der Waals surface area contributed by atoms with Crippen molar-refractivity contribution in [2.45, 2.75) is 0 Å². The molecule has 0 heterocycles. The average Bonchev–Trinajstić information content (AvgIpc) is 2.55. The van der Waals surface area contributed by atoms with Gasteiger partial charge in [0.05, 0.1) is 21.8 Å². The van der Waals surface area contributed by atoms with Crippen LogP contribution in [0.25, 0.3) is 0 Å². The number of hydrogen-bond donors (Lipinski definition) is 0. The van der Waals surface area contributed by atoms with Crippen LogP contribution in [0.3, 0.4) is 0 Å². The Hall–Kier alpha value is -2.25. The van der Waals surface area contributed by atoms with Crippen LogP contribution in [0.2, 0.25) is 0 Å². The quantitative estimate of drug-likeness (QED) is 0.329. The number of hydrogen-bond acceptors (Lipinski definition) is 8. The number of carbonyl (C=O) groups is 2. The molecule has 0 unspecified atom stereocenters. The van der Waals surface area contributed by atoms with Gasteiger partial charge < -0.3 is 19.8 Å². The molecule has 10 nitrogen and oxygen atoms in total. The second-order valence-electron chi connectivity index (χ2n) is 4.19. The first-order valence-corrected chi connectivity index (χ1v) is 6.14. The van der Waals surface area contributed by atoms with Crippen molar-refractivity contribution in [1.82, 2.24) is 0 Å². The molecule has 0 aromatic heterocycles. The molecule has 0 saturated carbocycles. The molecule has 0 aliphatic heterocycles. The number of benzene rings is 2. The first kappa shape index (κ1) is 22.8. The van der Waals surface area contributed by atoms with Crippen LogP contribution in [-0.4, -0.2) is 70.7 Å². The molecule has 124 valence electrons. The largest absolute Gasteiger partial charge is 2.00 e. The van der Waals surface area contributed by atoms with Crippen LogP contribution in [-0.2, 0) is 0 Å². The van der Waals surface area contributed by atoms with Crippen molar-refractivity contribution in [1.29, 1.82) is 0 Å². The predicted octanol–water partition coefficient (Wildman–Crippen LogP) is -0.464. The van der Waals surface area contributed by atoms with Gasteiger partial charge in [-0.1, -0.05) is 24.3 Å². The molecule has 0 atom stereocenters. The van der Waals surface area contributed by atoms with Gasteiger partial charge in [0.1, 0.15) is 0 Å². The van der Waals surface area contributed by atoms with E-state index in [0.29, 0.717) is 0 Å². The average molecular weight is 470 g/mol. The van der Waals surface area contributed by atoms with Crippen LogP contribution in [0.5, 0.6) is 0 Å². The zero-order valence-electron chi connectivity index (χ0n) is 12.5. The van der Waals surface area contributed by atoms with Gasteiger partial charge in [-0.2, -0.15) is 0 Å². The van der Waals surface area contributed by atoms with E-state index >= 15 is 0 Å². The van der Waals surface area contributed by atoms with Crippen molar-refractivity contribution in [2.75, 3.05) is 0 Å². The molecule has 0 amide bonds. The summed E-state index contributed by atoms with van der Waals surface area (Å²) in [6.45, 7) is 0. The summed E-state index contributed by atoms with van der Waals surface area (Å²) in [6.07, 6.45) is 0. The zero-order chi connectivity index (χ0) is 18.3. The number of nitrogens with zero attached hydrogens (tertiary/aromatic N) is 2. The van der Waals surface area contributed by atoms with Gasteiger partial charge in [0, 0.05) is 35.4 Å². The SMILES string of the molecule is O=C([O-])c1cccc([N+](=O)[O-])c1.O=C([O-])c1cccc([N+](=O)[O-])c1.[Ba+2]. The van der Waals surface area contributed by atoms with Crippen LogP contribution in [0.15, 0.2) is 48.5 Å². The Morgan fingerprint density at radius 2 is 1.04 bits per heavy atom. The summed E-state index contributed by atoms with van der Waals surface area (Å²) in [5, 5.41) is 40.8. The van der Waals surface area contributed by atoms with Crippen LogP contribution >= 0.6 is 0 Å². The molecular weight excluding hydrogens is 461 g/mol. The van der Waals surface area contributed by atoms with Gasteiger partial charge in [-0.25, -0.2) is 0 Å². The number of nitro groups is 2. The molecule has 2 aromatic carbocycles. The van der Waals surface area contributed by atoms with E-state index in [1.54, 1.807) is 0 Å². The van der Waals surface area contributed by atoms with E-state index in [-0.39, 0.29) is 71.4 Å². The fourth-order valence-corrected chi connectivity index (χ4v) is 1.49. The van der Waals surface area contributed by atoms with Crippen molar-refractivity contribution in [3.05, 3.63) is 79.9 Å². The predicted molar refractivity (Wildman–Crippen MR) is 80.6 cm³/mol. The van der Waals surface area contributed by atoms with E-state index in [1.165, 1.54) is 36.4 Å². The topological polar surface area (TPSA) is 167 Å². The fourth-order valence-electron chi connectivity index (χ4n) is 1.49. The molecule has 0 fully saturated rings. The van der Waals surface area contributed by atoms with Crippen molar-refractivity contribution < 1.29 is 29.6 Å². The van der Waals surface area contributed by atoms with Gasteiger partial charge >= 0.3 is 48.9 Å². The molecule has 2 rings (SSSR count). The molecule has 11 heteroatoms. The van der Waals surface area contributed by atoms with Crippen molar-refractivity contribution >= 4 is 72.2 Å². The second-order valence-corrected chi connectivity index (χ2v) is 4.19. The van der Waals surface area contributed by atoms with E-state index in [1.807, 2.05) is 0 Å². The Balaban J connectivity index is 0.000000443. The van der Waals surface area contributed by atoms with Crippen LogP contribution in [0, 0.1) is 20.2 Å². The normalized spacial score (nSPS) is 8.96. The minimum atomic E-state index is -1.42. The number of non-ortho nitro benzene ring substituents is 2. The minimum Gasteiger partial charge on any atom is -0.545 e. The van der Waals surface area contributed by atoms with Gasteiger partial charge in [0.15, 0.2) is 0 Å². The molecule has 0 spiro atoms. The smallest absolute Gasteiger partial charge is 0.545 e. The first-order valence-electron chi connectivity index (χ1n) is 6.14. The third-order valence-electron chi connectivity index (χ3n) is 2.59. The summed E-state index contributed by atoms with van der Waals surface area (Å²) in [5.74, 6) is -2.84. The number of aromatic carboxylic acids is 2. The van der Waals surface area contributed by atoms with Crippen molar-refractivity contribution in [2.24, 2.45) is 0 Å². The van der Waals surface area contributed by atoms with Gasteiger partial charge in [-0.05, 0) is 0 Å². The summed E-state index contributed by atoms with van der Waals surface area (Å²) in [5.41, 5.74) is -0.887. The Bertz CT molecular complexity index is 683. The van der Waals surface area contributed by atoms with E-state index in [2.05, 4.69) is 0 Å². The van der Waals surface area contributed by atoms with Gasteiger partial charge in [-0.15, -0.1) is 0 Å². The molecule has 0 bridgehead atoms. The maximum absolute atomic E-state index is 10.2. The summed E-state index contributed by atoms with van der Waals surface area (Å²) in [6, 6.07) is 9.40. The Kier molecular flexibility index (Phi) is 9.63. The Morgan fingerprint density at radius 3 is 1.28 bits per heavy atom. The van der Waals surface area contributed by atoms with E-state index in [0.717, 1.165) is 12.1 Å². The Labute approximate surface area is 180 Å². The monoisotopic (exact) mass is 470 g/mol. The standard InChI is InChI=1S/2C7H5NO4.Ba/c2*9-7(10)5-2-1-3-6(4-5)8(11)12;/h2*1-4H,(H,9,10);/q;;+2/p-2.